The molecule has 19 heavy (non-hydrogen) atoms. The minimum absolute atomic E-state index is 0.0415. The van der Waals surface area contributed by atoms with Crippen LogP contribution in [0.5, 0.6) is 0 Å². The number of rotatable bonds is 2. The van der Waals surface area contributed by atoms with Crippen molar-refractivity contribution in [2.75, 3.05) is 0 Å². The molecule has 1 aromatic heterocycles. The van der Waals surface area contributed by atoms with Crippen molar-refractivity contribution in [3.8, 4) is 11.3 Å². The molecule has 0 unspecified atom stereocenters. The van der Waals surface area contributed by atoms with E-state index in [0.29, 0.717) is 5.76 Å². The van der Waals surface area contributed by atoms with Gasteiger partial charge in [0.15, 0.2) is 11.5 Å². The molecule has 3 rings (SSSR count). The van der Waals surface area contributed by atoms with Crippen LogP contribution in [0.15, 0.2) is 22.7 Å². The summed E-state index contributed by atoms with van der Waals surface area (Å²) in [5, 5.41) is 12.5. The van der Waals surface area contributed by atoms with Gasteiger partial charge in [0.05, 0.1) is 0 Å². The van der Waals surface area contributed by atoms with Crippen LogP contribution in [0.4, 0.5) is 0 Å². The van der Waals surface area contributed by atoms with Gasteiger partial charge in [-0.3, -0.25) is 0 Å². The molecule has 0 radical (unpaired) electrons. The van der Waals surface area contributed by atoms with Gasteiger partial charge >= 0.3 is 5.97 Å². The van der Waals surface area contributed by atoms with E-state index in [4.69, 9.17) is 9.63 Å². The van der Waals surface area contributed by atoms with Gasteiger partial charge in [-0.2, -0.15) is 0 Å². The summed E-state index contributed by atoms with van der Waals surface area (Å²) < 4.78 is 5.19. The van der Waals surface area contributed by atoms with E-state index in [9.17, 15) is 4.79 Å². The topological polar surface area (TPSA) is 63.3 Å². The zero-order valence-electron chi connectivity index (χ0n) is 10.8. The lowest BCUT2D eigenvalue weighted by molar-refractivity contribution is 0.0686. The van der Waals surface area contributed by atoms with E-state index in [-0.39, 0.29) is 5.69 Å². The fourth-order valence-electron chi connectivity index (χ4n) is 2.78. The predicted octanol–water partition coefficient (Wildman–Crippen LogP) is 3.23. The Morgan fingerprint density at radius 2 is 2.00 bits per heavy atom. The summed E-state index contributed by atoms with van der Waals surface area (Å²) in [6.45, 7) is 2.12. The summed E-state index contributed by atoms with van der Waals surface area (Å²) in [6, 6.07) is 5.58. The van der Waals surface area contributed by atoms with Crippen LogP contribution in [0.2, 0.25) is 0 Å². The number of hydrogen-bond acceptors (Lipinski definition) is 3. The molecule has 98 valence electrons. The first-order chi connectivity index (χ1) is 9.16. The molecule has 0 bridgehead atoms. The molecule has 0 amide bonds. The Balaban J connectivity index is 2.11. The molecule has 1 heterocycles. The molecule has 4 heteroatoms. The Kier molecular flexibility index (Phi) is 2.85. The standard InChI is InChI=1S/C15H15NO3/c1-9-6-7-12(11-5-3-2-4-10(9)11)14-8-13(15(17)18)16-19-14/h6-8H,2-5H2,1H3,(H,17,18). The van der Waals surface area contributed by atoms with E-state index in [0.717, 1.165) is 18.4 Å². The highest BCUT2D eigenvalue weighted by Gasteiger charge is 2.20. The number of aromatic carboxylic acids is 1. The molecular weight excluding hydrogens is 242 g/mol. The average molecular weight is 257 g/mol. The molecule has 2 aromatic rings. The molecule has 0 aliphatic heterocycles. The van der Waals surface area contributed by atoms with Crippen molar-refractivity contribution in [2.24, 2.45) is 0 Å². The molecule has 0 saturated heterocycles. The number of carbonyl (C=O) groups is 1. The third-order valence-electron chi connectivity index (χ3n) is 3.76. The first kappa shape index (κ1) is 12.0. The highest BCUT2D eigenvalue weighted by molar-refractivity contribution is 5.86. The second kappa shape index (κ2) is 4.53. The third kappa shape index (κ3) is 2.03. The lowest BCUT2D eigenvalue weighted by Gasteiger charge is -2.20. The van der Waals surface area contributed by atoms with E-state index in [2.05, 4.69) is 18.1 Å². The van der Waals surface area contributed by atoms with Crippen molar-refractivity contribution in [1.29, 1.82) is 0 Å². The third-order valence-corrected chi connectivity index (χ3v) is 3.76. The van der Waals surface area contributed by atoms with Crippen molar-refractivity contribution in [1.82, 2.24) is 5.16 Å². The lowest BCUT2D eigenvalue weighted by Crippen LogP contribution is -2.06. The Morgan fingerprint density at radius 3 is 2.68 bits per heavy atom. The predicted molar refractivity (Wildman–Crippen MR) is 70.3 cm³/mol. The quantitative estimate of drug-likeness (QED) is 0.897. The molecule has 0 fully saturated rings. The summed E-state index contributed by atoms with van der Waals surface area (Å²) in [6.07, 6.45) is 4.50. The number of nitrogens with zero attached hydrogens (tertiary/aromatic N) is 1. The average Bonchev–Trinajstić information content (AvgIpc) is 2.89. The van der Waals surface area contributed by atoms with E-state index >= 15 is 0 Å². The van der Waals surface area contributed by atoms with Crippen molar-refractivity contribution in [2.45, 2.75) is 32.6 Å². The molecule has 0 spiro atoms. The molecule has 1 aliphatic rings. The molecular formula is C15H15NO3. The van der Waals surface area contributed by atoms with Crippen LogP contribution >= 0.6 is 0 Å². The van der Waals surface area contributed by atoms with E-state index in [1.165, 1.54) is 35.6 Å². The van der Waals surface area contributed by atoms with Crippen LogP contribution in [0.3, 0.4) is 0 Å². The number of fused-ring (bicyclic) bond motifs is 1. The maximum Gasteiger partial charge on any atom is 0.358 e. The van der Waals surface area contributed by atoms with Gasteiger partial charge in [0.1, 0.15) is 0 Å². The second-order valence-electron chi connectivity index (χ2n) is 4.98. The van der Waals surface area contributed by atoms with Crippen molar-refractivity contribution in [3.05, 3.63) is 40.6 Å². The van der Waals surface area contributed by atoms with Gasteiger partial charge in [0, 0.05) is 11.6 Å². The van der Waals surface area contributed by atoms with E-state index in [1.54, 1.807) is 0 Å². The zero-order chi connectivity index (χ0) is 13.4. The highest BCUT2D eigenvalue weighted by atomic mass is 16.5. The molecule has 1 aliphatic carbocycles. The number of benzene rings is 1. The van der Waals surface area contributed by atoms with E-state index < -0.39 is 5.97 Å². The summed E-state index contributed by atoms with van der Waals surface area (Å²) in [5.74, 6) is -0.508. The molecule has 4 nitrogen and oxygen atoms in total. The number of aryl methyl sites for hydroxylation is 1. The summed E-state index contributed by atoms with van der Waals surface area (Å²) >= 11 is 0. The number of aromatic nitrogens is 1. The number of carboxylic acid groups (broad SMARTS) is 1. The van der Waals surface area contributed by atoms with Crippen LogP contribution < -0.4 is 0 Å². The normalized spacial score (nSPS) is 14.2. The van der Waals surface area contributed by atoms with Crippen LogP contribution in [-0.2, 0) is 12.8 Å². The molecule has 1 aromatic carbocycles. The molecule has 1 N–H and O–H groups in total. The van der Waals surface area contributed by atoms with Crippen LogP contribution in [0.25, 0.3) is 11.3 Å². The van der Waals surface area contributed by atoms with Gasteiger partial charge in [0.2, 0.25) is 0 Å². The Labute approximate surface area is 111 Å². The van der Waals surface area contributed by atoms with Gasteiger partial charge < -0.3 is 9.63 Å². The minimum Gasteiger partial charge on any atom is -0.476 e. The Morgan fingerprint density at radius 1 is 1.26 bits per heavy atom. The fourth-order valence-corrected chi connectivity index (χ4v) is 2.78. The largest absolute Gasteiger partial charge is 0.476 e. The van der Waals surface area contributed by atoms with Crippen molar-refractivity contribution >= 4 is 5.97 Å². The van der Waals surface area contributed by atoms with Crippen LogP contribution in [0.1, 0.15) is 40.0 Å². The maximum atomic E-state index is 10.9. The monoisotopic (exact) mass is 257 g/mol. The SMILES string of the molecule is Cc1ccc(-c2cc(C(=O)O)no2)c2c1CCCC2. The number of carboxylic acids is 1. The maximum absolute atomic E-state index is 10.9. The zero-order valence-corrected chi connectivity index (χ0v) is 10.8. The molecule has 0 atom stereocenters. The Hall–Kier alpha value is -2.10. The van der Waals surface area contributed by atoms with Gasteiger partial charge in [-0.1, -0.05) is 17.3 Å². The second-order valence-corrected chi connectivity index (χ2v) is 4.98. The van der Waals surface area contributed by atoms with E-state index in [1.807, 2.05) is 6.07 Å². The summed E-state index contributed by atoms with van der Waals surface area (Å²) in [5.41, 5.74) is 4.92. The van der Waals surface area contributed by atoms with Crippen LogP contribution in [0, 0.1) is 6.92 Å². The lowest BCUT2D eigenvalue weighted by atomic mass is 9.85. The van der Waals surface area contributed by atoms with Gasteiger partial charge in [-0.25, -0.2) is 4.79 Å². The minimum atomic E-state index is -1.06. The van der Waals surface area contributed by atoms with Gasteiger partial charge in [0.25, 0.3) is 0 Å². The van der Waals surface area contributed by atoms with Crippen LogP contribution in [-0.4, -0.2) is 16.2 Å². The first-order valence-corrected chi connectivity index (χ1v) is 6.48. The molecule has 0 saturated carbocycles. The number of hydrogen-bond donors (Lipinski definition) is 1. The summed E-state index contributed by atoms with van der Waals surface area (Å²) in [7, 11) is 0. The first-order valence-electron chi connectivity index (χ1n) is 6.48. The Bertz CT molecular complexity index is 643. The smallest absolute Gasteiger partial charge is 0.358 e. The van der Waals surface area contributed by atoms with Crippen molar-refractivity contribution < 1.29 is 14.4 Å². The van der Waals surface area contributed by atoms with Gasteiger partial charge in [-0.15, -0.1) is 0 Å². The highest BCUT2D eigenvalue weighted by Crippen LogP contribution is 2.33. The van der Waals surface area contributed by atoms with Crippen molar-refractivity contribution in [3.63, 3.8) is 0 Å². The van der Waals surface area contributed by atoms with Gasteiger partial charge in [-0.05, 0) is 49.3 Å². The fraction of sp³-hybridized carbons (Fsp3) is 0.333. The summed E-state index contributed by atoms with van der Waals surface area (Å²) in [4.78, 5) is 10.9.